The van der Waals surface area contributed by atoms with Crippen LogP contribution in [-0.4, -0.2) is 29.9 Å². The zero-order valence-electron chi connectivity index (χ0n) is 13.7. The Hall–Kier alpha value is -2.56. The van der Waals surface area contributed by atoms with Gasteiger partial charge < -0.3 is 14.1 Å². The van der Waals surface area contributed by atoms with E-state index in [9.17, 15) is 9.59 Å². The molecule has 1 atom stereocenters. The molecule has 0 unspecified atom stereocenters. The number of rotatable bonds is 4. The van der Waals surface area contributed by atoms with Crippen molar-refractivity contribution in [3.63, 3.8) is 0 Å². The molecule has 1 aliphatic rings. The van der Waals surface area contributed by atoms with Crippen LogP contribution in [0, 0.1) is 6.92 Å². The molecule has 126 valence electrons. The molecule has 1 aromatic carbocycles. The molecule has 3 rings (SSSR count). The molecule has 2 heterocycles. The van der Waals surface area contributed by atoms with Crippen molar-refractivity contribution < 1.29 is 18.7 Å². The third kappa shape index (κ3) is 3.50. The molecular formula is C19H21NO4. The molecule has 2 aromatic rings. The maximum absolute atomic E-state index is 12.9. The van der Waals surface area contributed by atoms with Crippen molar-refractivity contribution in [3.05, 3.63) is 59.5 Å². The lowest BCUT2D eigenvalue weighted by Gasteiger charge is -2.30. The Labute approximate surface area is 141 Å². The number of carbonyl (C=O) groups excluding carboxylic acids is 2. The molecular weight excluding hydrogens is 306 g/mol. The van der Waals surface area contributed by atoms with Crippen molar-refractivity contribution in [2.75, 3.05) is 13.1 Å². The first-order valence-corrected chi connectivity index (χ1v) is 8.25. The lowest BCUT2D eigenvalue weighted by molar-refractivity contribution is -0.142. The molecule has 1 saturated heterocycles. The highest BCUT2D eigenvalue weighted by atomic mass is 16.5. The van der Waals surface area contributed by atoms with Gasteiger partial charge in [-0.15, -0.1) is 0 Å². The fourth-order valence-electron chi connectivity index (χ4n) is 2.94. The van der Waals surface area contributed by atoms with Crippen LogP contribution >= 0.6 is 0 Å². The Morgan fingerprint density at radius 2 is 1.79 bits per heavy atom. The minimum absolute atomic E-state index is 0.157. The number of ether oxygens (including phenoxy) is 1. The van der Waals surface area contributed by atoms with Crippen LogP contribution < -0.4 is 0 Å². The summed E-state index contributed by atoms with van der Waals surface area (Å²) in [5, 5.41) is 0. The molecule has 1 fully saturated rings. The van der Waals surface area contributed by atoms with E-state index in [0.29, 0.717) is 30.0 Å². The number of likely N-dealkylation sites (tertiary alicyclic amines) is 1. The van der Waals surface area contributed by atoms with Crippen LogP contribution in [0.3, 0.4) is 0 Å². The van der Waals surface area contributed by atoms with Gasteiger partial charge in [0.2, 0.25) is 6.10 Å². The monoisotopic (exact) mass is 327 g/mol. The average molecular weight is 327 g/mol. The number of hydrogen-bond acceptors (Lipinski definition) is 4. The molecule has 1 aliphatic heterocycles. The second kappa shape index (κ2) is 7.34. The van der Waals surface area contributed by atoms with E-state index in [1.807, 2.05) is 30.3 Å². The summed E-state index contributed by atoms with van der Waals surface area (Å²) in [4.78, 5) is 27.1. The van der Waals surface area contributed by atoms with Crippen LogP contribution in [-0.2, 0) is 9.53 Å². The van der Waals surface area contributed by atoms with Gasteiger partial charge in [0.15, 0.2) is 0 Å². The molecule has 0 spiro atoms. The van der Waals surface area contributed by atoms with Crippen LogP contribution in [0.2, 0.25) is 0 Å². The van der Waals surface area contributed by atoms with Crippen molar-refractivity contribution in [3.8, 4) is 0 Å². The predicted molar refractivity (Wildman–Crippen MR) is 88.5 cm³/mol. The Kier molecular flexibility index (Phi) is 4.99. The van der Waals surface area contributed by atoms with Crippen LogP contribution in [0.1, 0.15) is 47.0 Å². The number of furan rings is 1. The molecule has 0 bridgehead atoms. The quantitative estimate of drug-likeness (QED) is 0.807. The van der Waals surface area contributed by atoms with Gasteiger partial charge in [-0.05, 0) is 32.3 Å². The molecule has 5 nitrogen and oxygen atoms in total. The number of esters is 1. The molecule has 1 aromatic heterocycles. The van der Waals surface area contributed by atoms with Gasteiger partial charge in [-0.1, -0.05) is 30.3 Å². The van der Waals surface area contributed by atoms with E-state index < -0.39 is 12.1 Å². The van der Waals surface area contributed by atoms with Gasteiger partial charge in [-0.3, -0.25) is 4.79 Å². The minimum Gasteiger partial charge on any atom is -0.469 e. The Morgan fingerprint density at radius 1 is 1.08 bits per heavy atom. The van der Waals surface area contributed by atoms with Crippen molar-refractivity contribution in [1.82, 2.24) is 4.90 Å². The number of carbonyl (C=O) groups is 2. The Morgan fingerprint density at radius 3 is 2.42 bits per heavy atom. The summed E-state index contributed by atoms with van der Waals surface area (Å²) in [5.41, 5.74) is 1.03. The molecule has 0 aliphatic carbocycles. The first kappa shape index (κ1) is 16.3. The fraction of sp³-hybridized carbons (Fsp3) is 0.368. The summed E-state index contributed by atoms with van der Waals surface area (Å²) in [6, 6.07) is 10.7. The fourth-order valence-corrected chi connectivity index (χ4v) is 2.94. The van der Waals surface area contributed by atoms with Crippen LogP contribution in [0.4, 0.5) is 0 Å². The summed E-state index contributed by atoms with van der Waals surface area (Å²) in [5.74, 6) is -0.215. The summed E-state index contributed by atoms with van der Waals surface area (Å²) in [6.07, 6.45) is 3.62. The van der Waals surface area contributed by atoms with Gasteiger partial charge in [-0.25, -0.2) is 4.79 Å². The number of nitrogens with zero attached hydrogens (tertiary/aromatic N) is 1. The first-order chi connectivity index (χ1) is 11.7. The molecule has 5 heteroatoms. The number of amides is 1. The maximum atomic E-state index is 12.9. The van der Waals surface area contributed by atoms with E-state index in [-0.39, 0.29) is 5.91 Å². The van der Waals surface area contributed by atoms with Gasteiger partial charge in [0.1, 0.15) is 11.3 Å². The van der Waals surface area contributed by atoms with Crippen molar-refractivity contribution >= 4 is 11.9 Å². The molecule has 1 amide bonds. The van der Waals surface area contributed by atoms with E-state index >= 15 is 0 Å². The molecule has 0 saturated carbocycles. The lowest BCUT2D eigenvalue weighted by Crippen LogP contribution is -2.40. The summed E-state index contributed by atoms with van der Waals surface area (Å²) in [6.45, 7) is 3.12. The summed E-state index contributed by atoms with van der Waals surface area (Å²) in [7, 11) is 0. The second-order valence-corrected chi connectivity index (χ2v) is 5.97. The average Bonchev–Trinajstić information content (AvgIpc) is 3.06. The molecule has 24 heavy (non-hydrogen) atoms. The highest BCUT2D eigenvalue weighted by Gasteiger charge is 2.31. The van der Waals surface area contributed by atoms with E-state index in [4.69, 9.17) is 9.15 Å². The SMILES string of the molecule is Cc1occc1C(=O)O[C@@H](C(=O)N1CCCCC1)c1ccccc1. The van der Waals surface area contributed by atoms with E-state index in [0.717, 1.165) is 19.3 Å². The number of benzene rings is 1. The summed E-state index contributed by atoms with van der Waals surface area (Å²) >= 11 is 0. The smallest absolute Gasteiger partial charge is 0.342 e. The maximum Gasteiger partial charge on any atom is 0.342 e. The van der Waals surface area contributed by atoms with Gasteiger partial charge in [0.05, 0.1) is 6.26 Å². The van der Waals surface area contributed by atoms with Gasteiger partial charge in [-0.2, -0.15) is 0 Å². The van der Waals surface area contributed by atoms with Crippen molar-refractivity contribution in [2.45, 2.75) is 32.3 Å². The second-order valence-electron chi connectivity index (χ2n) is 5.97. The third-order valence-electron chi connectivity index (χ3n) is 4.30. The Balaban J connectivity index is 1.83. The Bertz CT molecular complexity index is 701. The highest BCUT2D eigenvalue weighted by Crippen LogP contribution is 2.24. The van der Waals surface area contributed by atoms with E-state index in [1.165, 1.54) is 6.26 Å². The van der Waals surface area contributed by atoms with E-state index in [2.05, 4.69) is 0 Å². The topological polar surface area (TPSA) is 59.8 Å². The predicted octanol–water partition coefficient (Wildman–Crippen LogP) is 3.50. The van der Waals surface area contributed by atoms with E-state index in [1.54, 1.807) is 17.9 Å². The zero-order valence-corrected chi connectivity index (χ0v) is 13.7. The molecule has 0 N–H and O–H groups in total. The lowest BCUT2D eigenvalue weighted by atomic mass is 10.1. The van der Waals surface area contributed by atoms with Gasteiger partial charge in [0.25, 0.3) is 5.91 Å². The normalized spacial score (nSPS) is 15.8. The van der Waals surface area contributed by atoms with Gasteiger partial charge >= 0.3 is 5.97 Å². The highest BCUT2D eigenvalue weighted by molar-refractivity contribution is 5.93. The zero-order chi connectivity index (χ0) is 16.9. The minimum atomic E-state index is -0.925. The third-order valence-corrected chi connectivity index (χ3v) is 4.30. The standard InChI is InChI=1S/C19H21NO4/c1-14-16(10-13-23-14)19(22)24-17(15-8-4-2-5-9-15)18(21)20-11-6-3-7-12-20/h2,4-5,8-10,13,17H,3,6-7,11-12H2,1H3/t17-/m1/s1. The first-order valence-electron chi connectivity index (χ1n) is 8.25. The van der Waals surface area contributed by atoms with Crippen LogP contribution in [0.25, 0.3) is 0 Å². The van der Waals surface area contributed by atoms with Gasteiger partial charge in [0, 0.05) is 18.7 Å². The van der Waals surface area contributed by atoms with Crippen LogP contribution in [0.15, 0.2) is 47.1 Å². The summed E-state index contributed by atoms with van der Waals surface area (Å²) < 4.78 is 10.7. The number of hydrogen-bond donors (Lipinski definition) is 0. The number of aryl methyl sites for hydroxylation is 1. The number of piperidine rings is 1. The largest absolute Gasteiger partial charge is 0.469 e. The van der Waals surface area contributed by atoms with Crippen LogP contribution in [0.5, 0.6) is 0 Å². The van der Waals surface area contributed by atoms with Crippen molar-refractivity contribution in [1.29, 1.82) is 0 Å². The molecule has 0 radical (unpaired) electrons. The van der Waals surface area contributed by atoms with Crippen molar-refractivity contribution in [2.24, 2.45) is 0 Å².